The zero-order valence-electron chi connectivity index (χ0n) is 28.4. The van der Waals surface area contributed by atoms with E-state index in [2.05, 4.69) is 34.4 Å². The lowest BCUT2D eigenvalue weighted by Gasteiger charge is -2.43. The maximum absolute atomic E-state index is 13.8. The molecule has 1 atom stereocenters. The number of urea groups is 2. The van der Waals surface area contributed by atoms with E-state index in [1.807, 2.05) is 59.5 Å². The van der Waals surface area contributed by atoms with Crippen molar-refractivity contribution < 1.29 is 23.9 Å². The van der Waals surface area contributed by atoms with E-state index in [4.69, 9.17) is 4.74 Å². The predicted molar refractivity (Wildman–Crippen MR) is 184 cm³/mol. The third-order valence-electron chi connectivity index (χ3n) is 10.0. The summed E-state index contributed by atoms with van der Waals surface area (Å²) in [6.07, 6.45) is 2.09. The zero-order valence-corrected chi connectivity index (χ0v) is 28.4. The molecule has 3 aliphatic rings. The Kier molecular flexibility index (Phi) is 9.84. The second kappa shape index (κ2) is 14.2. The minimum Gasteiger partial charge on any atom is -0.467 e. The van der Waals surface area contributed by atoms with Gasteiger partial charge in [-0.1, -0.05) is 44.2 Å². The first-order valence-electron chi connectivity index (χ1n) is 17.1. The molecule has 5 amide bonds. The summed E-state index contributed by atoms with van der Waals surface area (Å²) in [7, 11) is 1.23. The second-order valence-electron chi connectivity index (χ2n) is 13.6. The van der Waals surface area contributed by atoms with Gasteiger partial charge in [0.1, 0.15) is 11.6 Å². The zero-order chi connectivity index (χ0) is 34.7. The molecule has 3 saturated heterocycles. The average Bonchev–Trinajstić information content (AvgIpc) is 3.58. The number of aromatic nitrogens is 2. The van der Waals surface area contributed by atoms with Crippen LogP contribution in [0.25, 0.3) is 11.0 Å². The van der Waals surface area contributed by atoms with Crippen LogP contribution in [0.2, 0.25) is 0 Å². The summed E-state index contributed by atoms with van der Waals surface area (Å²) in [5, 5.41) is 5.52. The van der Waals surface area contributed by atoms with E-state index < -0.39 is 23.6 Å². The van der Waals surface area contributed by atoms with Gasteiger partial charge in [-0.15, -0.1) is 0 Å². The smallest absolute Gasteiger partial charge is 0.330 e. The number of methoxy groups -OCH3 is 1. The Bertz CT molecular complexity index is 1720. The third-order valence-corrected chi connectivity index (χ3v) is 10.0. The fourth-order valence-corrected chi connectivity index (χ4v) is 7.50. The number of rotatable bonds is 8. The second-order valence-corrected chi connectivity index (χ2v) is 13.6. The van der Waals surface area contributed by atoms with Gasteiger partial charge < -0.3 is 40.0 Å². The molecule has 0 saturated carbocycles. The number of anilines is 1. The first kappa shape index (κ1) is 33.9. The quantitative estimate of drug-likeness (QED) is 0.311. The van der Waals surface area contributed by atoms with Gasteiger partial charge in [-0.2, -0.15) is 0 Å². The maximum Gasteiger partial charge on any atom is 0.330 e. The molecule has 3 aliphatic heterocycles. The van der Waals surface area contributed by atoms with Crippen LogP contribution in [0, 0.1) is 5.92 Å². The Balaban J connectivity index is 1.03. The molecule has 0 aliphatic carbocycles. The van der Waals surface area contributed by atoms with Crippen molar-refractivity contribution in [3.63, 3.8) is 0 Å². The number of benzene rings is 2. The number of hydrogen-bond donors (Lipinski definition) is 3. The van der Waals surface area contributed by atoms with E-state index in [-0.39, 0.29) is 30.2 Å². The topological polar surface area (TPSA) is 152 Å². The fraction of sp³-hybridized carbons (Fsp3) is 0.514. The highest BCUT2D eigenvalue weighted by molar-refractivity contribution is 5.94. The Morgan fingerprint density at radius 1 is 0.918 bits per heavy atom. The molecule has 0 radical (unpaired) electrons. The molecular formula is C35H46N8O6. The number of nitrogens with one attached hydrogen (secondary N) is 3. The number of imidazole rings is 1. The molecule has 14 nitrogen and oxygen atoms in total. The molecular weight excluding hydrogens is 628 g/mol. The lowest BCUT2D eigenvalue weighted by atomic mass is 9.85. The number of fused-ring (bicyclic) bond motifs is 1. The number of amides is 5. The third kappa shape index (κ3) is 6.81. The Labute approximate surface area is 285 Å². The molecule has 262 valence electrons. The fourth-order valence-electron chi connectivity index (χ4n) is 7.50. The molecule has 2 aromatic carbocycles. The molecule has 3 aromatic rings. The van der Waals surface area contributed by atoms with Crippen LogP contribution in [-0.4, -0.2) is 113 Å². The SMILES string of the molecule is COC(=O)C(CNC(=O)N1CCC2(CC1)C(=O)N(CC(C)C)CN2c1ccccc1)NC(=O)N1CCC(n2c(=O)[nH]c3ccccc32)CC1. The molecule has 4 heterocycles. The summed E-state index contributed by atoms with van der Waals surface area (Å²) < 4.78 is 6.69. The van der Waals surface area contributed by atoms with Crippen LogP contribution in [0.1, 0.15) is 45.6 Å². The number of piperidine rings is 2. The molecule has 1 unspecified atom stereocenters. The number of likely N-dealkylation sites (tertiary alicyclic amines) is 2. The van der Waals surface area contributed by atoms with Crippen molar-refractivity contribution in [2.75, 3.05) is 57.9 Å². The van der Waals surface area contributed by atoms with E-state index in [9.17, 15) is 24.0 Å². The first-order chi connectivity index (χ1) is 23.6. The van der Waals surface area contributed by atoms with Crippen LogP contribution in [0.4, 0.5) is 15.3 Å². The highest BCUT2D eigenvalue weighted by Crippen LogP contribution is 2.39. The van der Waals surface area contributed by atoms with Gasteiger partial charge >= 0.3 is 23.7 Å². The number of ether oxygens (including phenoxy) is 1. The van der Waals surface area contributed by atoms with Crippen molar-refractivity contribution in [1.82, 2.24) is 34.9 Å². The number of para-hydroxylation sites is 3. The molecule has 14 heteroatoms. The van der Waals surface area contributed by atoms with E-state index in [1.165, 1.54) is 7.11 Å². The standard InChI is InChI=1S/C35H46N8O6/c1-24(2)22-41-23-42(25-9-5-4-6-10-25)35(31(41)45)15-19-40(20-16-35)32(46)36-21-28(30(44)49-3)38-33(47)39-17-13-26(14-18-39)43-29-12-8-7-11-27(29)37-34(43)48/h4-12,24,26,28H,13-23H2,1-3H3,(H,36,46)(H,37,48)(H,38,47). The van der Waals surface area contributed by atoms with Crippen LogP contribution in [-0.2, 0) is 14.3 Å². The van der Waals surface area contributed by atoms with Crippen molar-refractivity contribution in [3.8, 4) is 0 Å². The van der Waals surface area contributed by atoms with Gasteiger partial charge in [0, 0.05) is 44.5 Å². The summed E-state index contributed by atoms with van der Waals surface area (Å²) >= 11 is 0. The lowest BCUT2D eigenvalue weighted by molar-refractivity contribution is -0.142. The summed E-state index contributed by atoms with van der Waals surface area (Å²) in [4.78, 5) is 75.9. The number of carbonyl (C=O) groups excluding carboxylic acids is 4. The normalized spacial score (nSPS) is 18.7. The summed E-state index contributed by atoms with van der Waals surface area (Å²) in [5.74, 6) is -0.253. The predicted octanol–water partition coefficient (Wildman–Crippen LogP) is 2.72. The molecule has 1 spiro atoms. The molecule has 1 aromatic heterocycles. The van der Waals surface area contributed by atoms with Crippen LogP contribution < -0.4 is 21.2 Å². The number of H-pyrrole nitrogens is 1. The average molecular weight is 675 g/mol. The van der Waals surface area contributed by atoms with Crippen molar-refractivity contribution in [2.24, 2.45) is 5.92 Å². The summed E-state index contributed by atoms with van der Waals surface area (Å²) in [6, 6.07) is 15.5. The Hall–Kier alpha value is -5.01. The molecule has 3 N–H and O–H groups in total. The van der Waals surface area contributed by atoms with E-state index in [0.29, 0.717) is 71.0 Å². The van der Waals surface area contributed by atoms with Crippen molar-refractivity contribution >= 4 is 40.7 Å². The number of esters is 1. The van der Waals surface area contributed by atoms with Gasteiger partial charge in [-0.3, -0.25) is 9.36 Å². The van der Waals surface area contributed by atoms with E-state index in [1.54, 1.807) is 14.4 Å². The van der Waals surface area contributed by atoms with Crippen molar-refractivity contribution in [2.45, 2.75) is 57.2 Å². The first-order valence-corrected chi connectivity index (χ1v) is 17.1. The van der Waals surface area contributed by atoms with Gasteiger partial charge in [-0.05, 0) is 55.9 Å². The molecule has 6 rings (SSSR count). The highest BCUT2D eigenvalue weighted by Gasteiger charge is 2.54. The van der Waals surface area contributed by atoms with Gasteiger partial charge in [-0.25, -0.2) is 19.2 Å². The minimum atomic E-state index is -1.10. The van der Waals surface area contributed by atoms with Crippen LogP contribution >= 0.6 is 0 Å². The van der Waals surface area contributed by atoms with Gasteiger partial charge in [0.15, 0.2) is 0 Å². The van der Waals surface area contributed by atoms with Gasteiger partial charge in [0.25, 0.3) is 0 Å². The van der Waals surface area contributed by atoms with Gasteiger partial charge in [0.2, 0.25) is 5.91 Å². The molecule has 0 bridgehead atoms. The maximum atomic E-state index is 13.8. The number of aromatic amines is 1. The van der Waals surface area contributed by atoms with E-state index >= 15 is 0 Å². The van der Waals surface area contributed by atoms with Gasteiger partial charge in [0.05, 0.1) is 31.4 Å². The minimum absolute atomic E-state index is 0.0651. The summed E-state index contributed by atoms with van der Waals surface area (Å²) in [6.45, 7) is 6.72. The lowest BCUT2D eigenvalue weighted by Crippen LogP contribution is -2.59. The van der Waals surface area contributed by atoms with Crippen LogP contribution in [0.15, 0.2) is 59.4 Å². The highest BCUT2D eigenvalue weighted by atomic mass is 16.5. The van der Waals surface area contributed by atoms with Crippen molar-refractivity contribution in [1.29, 1.82) is 0 Å². The number of carbonyl (C=O) groups is 4. The summed E-state index contributed by atoms with van der Waals surface area (Å²) in [5.41, 5.74) is 1.68. The number of hydrogen-bond acceptors (Lipinski definition) is 7. The monoisotopic (exact) mass is 674 g/mol. The van der Waals surface area contributed by atoms with Crippen LogP contribution in [0.3, 0.4) is 0 Å². The Morgan fingerprint density at radius 3 is 2.24 bits per heavy atom. The largest absolute Gasteiger partial charge is 0.467 e. The van der Waals surface area contributed by atoms with Crippen LogP contribution in [0.5, 0.6) is 0 Å². The molecule has 3 fully saturated rings. The number of nitrogens with zero attached hydrogens (tertiary/aromatic N) is 5. The van der Waals surface area contributed by atoms with E-state index in [0.717, 1.165) is 16.7 Å². The van der Waals surface area contributed by atoms with Crippen molar-refractivity contribution in [3.05, 3.63) is 65.1 Å². The Morgan fingerprint density at radius 2 is 1.57 bits per heavy atom. The molecule has 49 heavy (non-hydrogen) atoms.